The van der Waals surface area contributed by atoms with Crippen molar-refractivity contribution >= 4 is 42.8 Å². The topological polar surface area (TPSA) is 102 Å². The second kappa shape index (κ2) is 7.39. The van der Waals surface area contributed by atoms with Crippen molar-refractivity contribution in [3.8, 4) is 0 Å². The summed E-state index contributed by atoms with van der Waals surface area (Å²) in [7, 11) is -4.11. The molecule has 154 valence electrons. The molecule has 7 nitrogen and oxygen atoms in total. The third-order valence-electron chi connectivity index (χ3n) is 4.75. The fourth-order valence-electron chi connectivity index (χ4n) is 3.21. The fraction of sp³-hybridized carbons (Fsp3) is 0.278. The highest BCUT2D eigenvalue weighted by molar-refractivity contribution is 7.94. The lowest BCUT2D eigenvalue weighted by Gasteiger charge is -2.32. The third-order valence-corrected chi connectivity index (χ3v) is 7.75. The zero-order valence-electron chi connectivity index (χ0n) is 14.9. The summed E-state index contributed by atoms with van der Waals surface area (Å²) in [5, 5.41) is 10.8. The summed E-state index contributed by atoms with van der Waals surface area (Å²) < 4.78 is 55.3. The number of nitrogens with zero attached hydrogens (tertiary/aromatic N) is 1. The maximum atomic E-state index is 14.4. The van der Waals surface area contributed by atoms with Crippen LogP contribution in [0.4, 0.5) is 19.5 Å². The maximum Gasteiger partial charge on any atom is 0.271 e. The largest absolute Gasteiger partial charge is 0.388 e. The van der Waals surface area contributed by atoms with Gasteiger partial charge in [0.2, 0.25) is 0 Å². The van der Waals surface area contributed by atoms with E-state index in [1.807, 2.05) is 0 Å². The van der Waals surface area contributed by atoms with Crippen molar-refractivity contribution < 1.29 is 22.3 Å². The minimum Gasteiger partial charge on any atom is -0.388 e. The van der Waals surface area contributed by atoms with Crippen molar-refractivity contribution in [1.82, 2.24) is 4.98 Å². The Bertz CT molecular complexity index is 1230. The molecule has 2 unspecified atom stereocenters. The molecule has 29 heavy (non-hydrogen) atoms. The molecule has 0 saturated carbocycles. The van der Waals surface area contributed by atoms with E-state index in [4.69, 9.17) is 0 Å². The van der Waals surface area contributed by atoms with Gasteiger partial charge in [-0.15, -0.1) is 11.3 Å². The smallest absolute Gasteiger partial charge is 0.271 e. The van der Waals surface area contributed by atoms with E-state index in [9.17, 15) is 27.1 Å². The molecule has 11 heteroatoms. The molecule has 4 rings (SSSR count). The number of pyridine rings is 1. The van der Waals surface area contributed by atoms with Crippen molar-refractivity contribution in [3.63, 3.8) is 0 Å². The molecule has 1 saturated heterocycles. The maximum absolute atomic E-state index is 14.4. The van der Waals surface area contributed by atoms with Crippen molar-refractivity contribution in [2.45, 2.75) is 22.9 Å². The van der Waals surface area contributed by atoms with E-state index in [-0.39, 0.29) is 28.2 Å². The first-order valence-electron chi connectivity index (χ1n) is 8.75. The zero-order valence-corrected chi connectivity index (χ0v) is 16.6. The van der Waals surface area contributed by atoms with Crippen LogP contribution in [-0.2, 0) is 10.0 Å². The molecule has 1 aliphatic heterocycles. The summed E-state index contributed by atoms with van der Waals surface area (Å²) in [5.74, 6) is -0.809. The van der Waals surface area contributed by atoms with Gasteiger partial charge in [0.1, 0.15) is 22.3 Å². The molecule has 0 bridgehead atoms. The number of halogens is 2. The van der Waals surface area contributed by atoms with Gasteiger partial charge >= 0.3 is 0 Å². The molecule has 3 aromatic rings. The predicted octanol–water partition coefficient (Wildman–Crippen LogP) is 2.44. The number of aliphatic hydroxyl groups is 1. The summed E-state index contributed by atoms with van der Waals surface area (Å²) in [6, 6.07) is 6.68. The Morgan fingerprint density at radius 1 is 1.28 bits per heavy atom. The van der Waals surface area contributed by atoms with Crippen LogP contribution in [0.15, 0.2) is 45.5 Å². The lowest BCUT2D eigenvalue weighted by molar-refractivity contribution is 0.0647. The van der Waals surface area contributed by atoms with Gasteiger partial charge in [0.05, 0.1) is 10.7 Å². The summed E-state index contributed by atoms with van der Waals surface area (Å²) in [6.07, 6.45) is -0.899. The van der Waals surface area contributed by atoms with Crippen LogP contribution >= 0.6 is 11.3 Å². The molecule has 3 N–H and O–H groups in total. The number of β-amino-alcohol motifs (C(OH)–C–C–N with tert-alkyl or cyclic N) is 1. The lowest BCUT2D eigenvalue weighted by atomic mass is 10.1. The Kier molecular flexibility index (Phi) is 5.05. The van der Waals surface area contributed by atoms with E-state index < -0.39 is 33.7 Å². The fourth-order valence-corrected chi connectivity index (χ4v) is 5.60. The van der Waals surface area contributed by atoms with Gasteiger partial charge in [0.15, 0.2) is 0 Å². The predicted molar refractivity (Wildman–Crippen MR) is 107 cm³/mol. The van der Waals surface area contributed by atoms with Crippen LogP contribution in [0.25, 0.3) is 10.8 Å². The van der Waals surface area contributed by atoms with Crippen LogP contribution in [0.1, 0.15) is 6.42 Å². The summed E-state index contributed by atoms with van der Waals surface area (Å²) in [6.45, 7) is 0.421. The average molecular weight is 441 g/mol. The number of aromatic nitrogens is 1. The van der Waals surface area contributed by atoms with Gasteiger partial charge in [0, 0.05) is 24.7 Å². The Morgan fingerprint density at radius 3 is 2.83 bits per heavy atom. The number of anilines is 2. The number of nitrogens with one attached hydrogen (secondary N) is 2. The first-order chi connectivity index (χ1) is 13.7. The lowest BCUT2D eigenvalue weighted by Crippen LogP contribution is -2.44. The number of aliphatic hydroxyl groups excluding tert-OH is 1. The van der Waals surface area contributed by atoms with E-state index in [2.05, 4.69) is 9.71 Å². The second-order valence-corrected chi connectivity index (χ2v) is 9.71. The first-order valence-corrected chi connectivity index (χ1v) is 11.1. The molecule has 2 aromatic heterocycles. The first kappa shape index (κ1) is 19.8. The number of thiophene rings is 1. The van der Waals surface area contributed by atoms with Gasteiger partial charge in [-0.25, -0.2) is 17.2 Å². The SMILES string of the molecule is O=c1[nH]ccc2cc(F)c(NS(=O)(=O)c3ccc(N4CCC(F)C(O)C4)s3)cc12. The van der Waals surface area contributed by atoms with Crippen LogP contribution in [0.5, 0.6) is 0 Å². The number of hydrogen-bond donors (Lipinski definition) is 3. The highest BCUT2D eigenvalue weighted by Crippen LogP contribution is 2.33. The van der Waals surface area contributed by atoms with Crippen LogP contribution < -0.4 is 15.2 Å². The minimum absolute atomic E-state index is 0.0640. The highest BCUT2D eigenvalue weighted by Gasteiger charge is 2.29. The number of alkyl halides is 1. The molecule has 0 spiro atoms. The Balaban J connectivity index is 1.61. The van der Waals surface area contributed by atoms with Crippen molar-refractivity contribution in [2.24, 2.45) is 0 Å². The molecular weight excluding hydrogens is 424 g/mol. The zero-order chi connectivity index (χ0) is 20.8. The average Bonchev–Trinajstić information content (AvgIpc) is 3.16. The summed E-state index contributed by atoms with van der Waals surface area (Å²) in [5.41, 5.74) is -0.797. The molecule has 2 atom stereocenters. The molecular formula is C18H17F2N3O4S2. The molecule has 3 heterocycles. The van der Waals surface area contributed by atoms with Crippen molar-refractivity contribution in [3.05, 3.63) is 52.7 Å². The van der Waals surface area contributed by atoms with Gasteiger partial charge in [-0.2, -0.15) is 0 Å². The number of hydrogen-bond acceptors (Lipinski definition) is 6. The molecule has 0 radical (unpaired) electrons. The van der Waals surface area contributed by atoms with Crippen LogP contribution in [0.2, 0.25) is 0 Å². The molecule has 1 fully saturated rings. The normalized spacial score (nSPS) is 20.2. The molecule has 0 aliphatic carbocycles. The molecule has 1 aromatic carbocycles. The van der Waals surface area contributed by atoms with Crippen LogP contribution in [0, 0.1) is 5.82 Å². The number of sulfonamides is 1. The van der Waals surface area contributed by atoms with Gasteiger partial charge < -0.3 is 15.0 Å². The van der Waals surface area contributed by atoms with E-state index in [0.717, 1.165) is 23.5 Å². The summed E-state index contributed by atoms with van der Waals surface area (Å²) >= 11 is 0.933. The minimum atomic E-state index is -4.11. The third kappa shape index (κ3) is 3.85. The second-order valence-electron chi connectivity index (χ2n) is 6.74. The van der Waals surface area contributed by atoms with Gasteiger partial charge in [-0.3, -0.25) is 9.52 Å². The standard InChI is InChI=1S/C18H17F2N3O4S2/c19-12-4-6-23(9-15(12)24)16-1-2-17(28-16)29(26,27)22-14-8-11-10(7-13(14)20)3-5-21-18(11)25/h1-3,5,7-8,12,15,22,24H,4,6,9H2,(H,21,25). The molecule has 0 amide bonds. The number of benzene rings is 1. The van der Waals surface area contributed by atoms with Crippen LogP contribution in [0.3, 0.4) is 0 Å². The Morgan fingerprint density at radius 2 is 2.07 bits per heavy atom. The van der Waals surface area contributed by atoms with Crippen molar-refractivity contribution in [2.75, 3.05) is 22.7 Å². The Hall–Kier alpha value is -2.50. The van der Waals surface area contributed by atoms with E-state index in [1.165, 1.54) is 18.3 Å². The van der Waals surface area contributed by atoms with Crippen molar-refractivity contribution in [1.29, 1.82) is 0 Å². The number of fused-ring (bicyclic) bond motifs is 1. The Labute approximate surface area is 168 Å². The van der Waals surface area contributed by atoms with Gasteiger partial charge in [0.25, 0.3) is 15.6 Å². The number of rotatable bonds is 4. The number of piperidine rings is 1. The van der Waals surface area contributed by atoms with E-state index in [0.29, 0.717) is 16.9 Å². The molecule has 1 aliphatic rings. The quantitative estimate of drug-likeness (QED) is 0.577. The van der Waals surface area contributed by atoms with Crippen LogP contribution in [-0.4, -0.2) is 43.9 Å². The van der Waals surface area contributed by atoms with E-state index in [1.54, 1.807) is 11.0 Å². The van der Waals surface area contributed by atoms with E-state index >= 15 is 0 Å². The van der Waals surface area contributed by atoms with Gasteiger partial charge in [-0.1, -0.05) is 0 Å². The monoisotopic (exact) mass is 441 g/mol. The highest BCUT2D eigenvalue weighted by atomic mass is 32.2. The number of aromatic amines is 1. The number of H-pyrrole nitrogens is 1. The summed E-state index contributed by atoms with van der Waals surface area (Å²) in [4.78, 5) is 16.1. The van der Waals surface area contributed by atoms with Gasteiger partial charge in [-0.05, 0) is 42.1 Å².